The molecule has 1 saturated heterocycles. The average Bonchev–Trinajstić information content (AvgIpc) is 2.41. The largest absolute Gasteiger partial charge is 0.506 e. The Morgan fingerprint density at radius 1 is 1.38 bits per heavy atom. The fourth-order valence-electron chi connectivity index (χ4n) is 2.46. The van der Waals surface area contributed by atoms with Gasteiger partial charge >= 0.3 is 0 Å². The van der Waals surface area contributed by atoms with Gasteiger partial charge in [0.2, 0.25) is 0 Å². The first-order valence-corrected chi connectivity index (χ1v) is 7.54. The van der Waals surface area contributed by atoms with Crippen LogP contribution in [0.25, 0.3) is 0 Å². The summed E-state index contributed by atoms with van der Waals surface area (Å²) in [7, 11) is 0. The van der Waals surface area contributed by atoms with Crippen LogP contribution in [0.4, 0.5) is 0 Å². The van der Waals surface area contributed by atoms with E-state index in [-0.39, 0.29) is 36.6 Å². The van der Waals surface area contributed by atoms with E-state index in [1.165, 1.54) is 0 Å². The second kappa shape index (κ2) is 9.93. The molecule has 1 aromatic rings. The zero-order valence-electron chi connectivity index (χ0n) is 11.5. The molecule has 21 heavy (non-hydrogen) atoms. The van der Waals surface area contributed by atoms with Crippen molar-refractivity contribution in [3.05, 3.63) is 39.8 Å². The summed E-state index contributed by atoms with van der Waals surface area (Å²) in [5.74, 6) is 0.176. The highest BCUT2D eigenvalue weighted by Gasteiger charge is 2.24. The molecule has 1 fully saturated rings. The molecule has 1 atom stereocenters. The Bertz CT molecular complexity index is 468. The van der Waals surface area contributed by atoms with E-state index < -0.39 is 0 Å². The number of piperazine rings is 1. The van der Waals surface area contributed by atoms with Gasteiger partial charge in [-0.15, -0.1) is 31.4 Å². The van der Waals surface area contributed by atoms with Gasteiger partial charge < -0.3 is 10.4 Å². The standard InChI is InChI=1S/C14H18BrClN2O.2ClH/c1-2-3-13(18-6-4-17-5-7-18)11-8-10(15)9-12(16)14(11)19;;/h2,8-9,13,17,19H,1,3-7H2;2*1H/t13-;;/m0../s1. The summed E-state index contributed by atoms with van der Waals surface area (Å²) < 4.78 is 0.884. The average molecular weight is 419 g/mol. The Labute approximate surface area is 151 Å². The van der Waals surface area contributed by atoms with E-state index >= 15 is 0 Å². The molecular weight excluding hydrogens is 398 g/mol. The minimum atomic E-state index is 0. The maximum Gasteiger partial charge on any atom is 0.139 e. The van der Waals surface area contributed by atoms with Gasteiger partial charge in [0, 0.05) is 42.3 Å². The summed E-state index contributed by atoms with van der Waals surface area (Å²) in [5, 5.41) is 13.9. The van der Waals surface area contributed by atoms with E-state index in [1.54, 1.807) is 6.07 Å². The molecule has 7 heteroatoms. The molecule has 2 rings (SSSR count). The molecule has 120 valence electrons. The number of phenolic OH excluding ortho intramolecular Hbond substituents is 1. The molecule has 1 aliphatic heterocycles. The van der Waals surface area contributed by atoms with Gasteiger partial charge in [-0.2, -0.15) is 0 Å². The van der Waals surface area contributed by atoms with Crippen molar-refractivity contribution in [2.75, 3.05) is 26.2 Å². The van der Waals surface area contributed by atoms with E-state index in [2.05, 4.69) is 32.7 Å². The lowest BCUT2D eigenvalue weighted by Gasteiger charge is -2.35. The molecule has 1 aliphatic rings. The smallest absolute Gasteiger partial charge is 0.139 e. The van der Waals surface area contributed by atoms with Crippen LogP contribution in [0.5, 0.6) is 5.75 Å². The molecule has 0 spiro atoms. The van der Waals surface area contributed by atoms with Crippen molar-refractivity contribution in [1.82, 2.24) is 10.2 Å². The Morgan fingerprint density at radius 3 is 2.57 bits per heavy atom. The predicted molar refractivity (Wildman–Crippen MR) is 97.3 cm³/mol. The van der Waals surface area contributed by atoms with E-state index in [0.29, 0.717) is 5.02 Å². The van der Waals surface area contributed by atoms with Crippen LogP contribution < -0.4 is 5.32 Å². The van der Waals surface area contributed by atoms with Gasteiger partial charge in [0.1, 0.15) is 5.75 Å². The first-order valence-electron chi connectivity index (χ1n) is 6.37. The van der Waals surface area contributed by atoms with E-state index in [4.69, 9.17) is 11.6 Å². The second-order valence-electron chi connectivity index (χ2n) is 4.65. The molecule has 0 aromatic heterocycles. The Hall–Kier alpha value is 0.0300. The molecule has 0 saturated carbocycles. The van der Waals surface area contributed by atoms with Crippen LogP contribution in [-0.4, -0.2) is 36.2 Å². The summed E-state index contributed by atoms with van der Waals surface area (Å²) in [6.45, 7) is 7.68. The van der Waals surface area contributed by atoms with Gasteiger partial charge in [-0.3, -0.25) is 4.90 Å². The molecule has 3 nitrogen and oxygen atoms in total. The monoisotopic (exact) mass is 416 g/mol. The zero-order valence-corrected chi connectivity index (χ0v) is 15.5. The molecule has 0 unspecified atom stereocenters. The normalized spacial score (nSPS) is 16.5. The van der Waals surface area contributed by atoms with Crippen molar-refractivity contribution in [2.45, 2.75) is 12.5 Å². The molecule has 1 heterocycles. The number of nitrogens with one attached hydrogen (secondary N) is 1. The van der Waals surface area contributed by atoms with Crippen LogP contribution in [0.2, 0.25) is 5.02 Å². The number of phenols is 1. The third-order valence-electron chi connectivity index (χ3n) is 3.40. The Balaban J connectivity index is 0.00000200. The molecule has 1 aromatic carbocycles. The fraction of sp³-hybridized carbons (Fsp3) is 0.429. The number of nitrogens with zero attached hydrogens (tertiary/aromatic N) is 1. The lowest BCUT2D eigenvalue weighted by Crippen LogP contribution is -2.45. The quantitative estimate of drug-likeness (QED) is 0.721. The van der Waals surface area contributed by atoms with Crippen LogP contribution in [0.1, 0.15) is 18.0 Å². The lowest BCUT2D eigenvalue weighted by molar-refractivity contribution is 0.172. The van der Waals surface area contributed by atoms with E-state index in [0.717, 1.165) is 42.6 Å². The minimum absolute atomic E-state index is 0. The highest BCUT2D eigenvalue weighted by atomic mass is 79.9. The number of hydrogen-bond donors (Lipinski definition) is 2. The molecular formula is C14H20BrCl3N2O. The number of halogens is 4. The summed E-state index contributed by atoms with van der Waals surface area (Å²) >= 11 is 9.50. The predicted octanol–water partition coefficient (Wildman–Crippen LogP) is 4.17. The van der Waals surface area contributed by atoms with Crippen LogP contribution in [-0.2, 0) is 0 Å². The summed E-state index contributed by atoms with van der Waals surface area (Å²) in [5.41, 5.74) is 0.862. The third kappa shape index (κ3) is 5.31. The highest BCUT2D eigenvalue weighted by Crippen LogP contribution is 2.38. The summed E-state index contributed by atoms with van der Waals surface area (Å²) in [4.78, 5) is 2.36. The molecule has 0 bridgehead atoms. The summed E-state index contributed by atoms with van der Waals surface area (Å²) in [6.07, 6.45) is 2.68. The van der Waals surface area contributed by atoms with Gasteiger partial charge in [-0.25, -0.2) is 0 Å². The number of aromatic hydroxyl groups is 1. The fourth-order valence-corrected chi connectivity index (χ4v) is 3.30. The highest BCUT2D eigenvalue weighted by molar-refractivity contribution is 9.10. The van der Waals surface area contributed by atoms with Gasteiger partial charge in [0.25, 0.3) is 0 Å². The number of rotatable bonds is 4. The molecule has 0 aliphatic carbocycles. The molecule has 0 radical (unpaired) electrons. The molecule has 2 N–H and O–H groups in total. The summed E-state index contributed by atoms with van der Waals surface area (Å²) in [6, 6.07) is 3.77. The second-order valence-corrected chi connectivity index (χ2v) is 5.97. The molecule has 0 amide bonds. The van der Waals surface area contributed by atoms with Crippen molar-refractivity contribution in [1.29, 1.82) is 0 Å². The van der Waals surface area contributed by atoms with Crippen LogP contribution >= 0.6 is 52.3 Å². The van der Waals surface area contributed by atoms with Crippen molar-refractivity contribution in [3.63, 3.8) is 0 Å². The first kappa shape index (κ1) is 21.0. The topological polar surface area (TPSA) is 35.5 Å². The van der Waals surface area contributed by atoms with Gasteiger partial charge in [-0.05, 0) is 18.6 Å². The first-order chi connectivity index (χ1) is 9.13. The van der Waals surface area contributed by atoms with Gasteiger partial charge in [0.05, 0.1) is 5.02 Å². The SMILES string of the molecule is C=CC[C@@H](c1cc(Br)cc(Cl)c1O)N1CCNCC1.Cl.Cl. The Kier molecular flexibility index (Phi) is 9.94. The van der Waals surface area contributed by atoms with E-state index in [9.17, 15) is 5.11 Å². The lowest BCUT2D eigenvalue weighted by atomic mass is 10.00. The van der Waals surface area contributed by atoms with Crippen LogP contribution in [0, 0.1) is 0 Å². The number of hydrogen-bond acceptors (Lipinski definition) is 3. The van der Waals surface area contributed by atoms with Crippen molar-refractivity contribution < 1.29 is 5.11 Å². The van der Waals surface area contributed by atoms with Gasteiger partial charge in [0.15, 0.2) is 0 Å². The zero-order chi connectivity index (χ0) is 13.8. The van der Waals surface area contributed by atoms with Crippen molar-refractivity contribution in [3.8, 4) is 5.75 Å². The third-order valence-corrected chi connectivity index (χ3v) is 4.14. The van der Waals surface area contributed by atoms with E-state index in [1.807, 2.05) is 12.1 Å². The van der Waals surface area contributed by atoms with Crippen molar-refractivity contribution >= 4 is 52.3 Å². The minimum Gasteiger partial charge on any atom is -0.506 e. The van der Waals surface area contributed by atoms with Crippen molar-refractivity contribution in [2.24, 2.45) is 0 Å². The maximum absolute atomic E-state index is 10.2. The van der Waals surface area contributed by atoms with Gasteiger partial charge in [-0.1, -0.05) is 33.6 Å². The van der Waals surface area contributed by atoms with Crippen LogP contribution in [0.15, 0.2) is 29.3 Å². The Morgan fingerprint density at radius 2 is 2.00 bits per heavy atom. The van der Waals surface area contributed by atoms with Crippen LogP contribution in [0.3, 0.4) is 0 Å². The number of benzene rings is 1. The maximum atomic E-state index is 10.2.